The zero-order valence-electron chi connectivity index (χ0n) is 7.87. The summed E-state index contributed by atoms with van der Waals surface area (Å²) < 4.78 is 5.18. The lowest BCUT2D eigenvalue weighted by molar-refractivity contribution is 0.388. The van der Waals surface area contributed by atoms with Gasteiger partial charge in [-0.1, -0.05) is 20.8 Å². The van der Waals surface area contributed by atoms with Gasteiger partial charge < -0.3 is 9.52 Å². The van der Waals surface area contributed by atoms with Crippen molar-refractivity contribution >= 4 is 0 Å². The second-order valence-electron chi connectivity index (χ2n) is 3.70. The molecule has 1 N–H and O–H groups in total. The third-order valence-electron chi connectivity index (χ3n) is 1.95. The molecule has 0 aromatic carbocycles. The molecular formula is C10H16O2. The maximum atomic E-state index is 9.34. The molecule has 1 unspecified atom stereocenters. The summed E-state index contributed by atoms with van der Waals surface area (Å²) in [6.45, 7) is 6.39. The molecule has 0 saturated carbocycles. The van der Waals surface area contributed by atoms with Gasteiger partial charge >= 0.3 is 0 Å². The SMILES string of the molecule is CC(C)CC(C)c1occc1O. The largest absolute Gasteiger partial charge is 0.504 e. The van der Waals surface area contributed by atoms with Crippen LogP contribution in [0, 0.1) is 5.92 Å². The fraction of sp³-hybridized carbons (Fsp3) is 0.600. The predicted octanol–water partition coefficient (Wildman–Crippen LogP) is 3.13. The summed E-state index contributed by atoms with van der Waals surface area (Å²) in [5, 5.41) is 9.34. The van der Waals surface area contributed by atoms with Crippen LogP contribution in [0.15, 0.2) is 16.7 Å². The maximum Gasteiger partial charge on any atom is 0.157 e. The van der Waals surface area contributed by atoms with Gasteiger partial charge in [-0.2, -0.15) is 0 Å². The molecule has 0 amide bonds. The van der Waals surface area contributed by atoms with E-state index in [4.69, 9.17) is 4.42 Å². The highest BCUT2D eigenvalue weighted by Gasteiger charge is 2.14. The summed E-state index contributed by atoms with van der Waals surface area (Å²) in [5.74, 6) is 1.93. The van der Waals surface area contributed by atoms with Gasteiger partial charge in [-0.25, -0.2) is 0 Å². The molecule has 2 nitrogen and oxygen atoms in total. The first kappa shape index (κ1) is 9.17. The van der Waals surface area contributed by atoms with Gasteiger partial charge in [-0.05, 0) is 12.3 Å². The van der Waals surface area contributed by atoms with Crippen LogP contribution in [0.5, 0.6) is 5.75 Å². The average molecular weight is 168 g/mol. The van der Waals surface area contributed by atoms with Gasteiger partial charge in [0.25, 0.3) is 0 Å². The zero-order valence-corrected chi connectivity index (χ0v) is 7.87. The Morgan fingerprint density at radius 3 is 2.50 bits per heavy atom. The number of hydrogen-bond acceptors (Lipinski definition) is 2. The summed E-state index contributed by atoms with van der Waals surface area (Å²) in [6.07, 6.45) is 2.57. The summed E-state index contributed by atoms with van der Waals surface area (Å²) >= 11 is 0. The van der Waals surface area contributed by atoms with Crippen molar-refractivity contribution < 1.29 is 9.52 Å². The second kappa shape index (κ2) is 3.65. The van der Waals surface area contributed by atoms with Crippen molar-refractivity contribution in [1.82, 2.24) is 0 Å². The minimum Gasteiger partial charge on any atom is -0.504 e. The Balaban J connectivity index is 2.65. The topological polar surface area (TPSA) is 33.4 Å². The molecule has 0 aliphatic rings. The Morgan fingerprint density at radius 1 is 1.42 bits per heavy atom. The molecule has 68 valence electrons. The Bertz CT molecular complexity index is 238. The fourth-order valence-corrected chi connectivity index (χ4v) is 1.50. The van der Waals surface area contributed by atoms with Crippen LogP contribution in [-0.4, -0.2) is 5.11 Å². The molecule has 1 aromatic rings. The van der Waals surface area contributed by atoms with E-state index in [2.05, 4.69) is 20.8 Å². The molecule has 0 aliphatic carbocycles. The minimum absolute atomic E-state index is 0.281. The molecule has 0 fully saturated rings. The molecule has 0 saturated heterocycles. The summed E-state index contributed by atoms with van der Waals surface area (Å²) in [7, 11) is 0. The average Bonchev–Trinajstić information content (AvgIpc) is 2.33. The van der Waals surface area contributed by atoms with Crippen molar-refractivity contribution in [1.29, 1.82) is 0 Å². The van der Waals surface area contributed by atoms with E-state index in [0.29, 0.717) is 17.6 Å². The van der Waals surface area contributed by atoms with Gasteiger partial charge in [0.05, 0.1) is 6.26 Å². The highest BCUT2D eigenvalue weighted by Crippen LogP contribution is 2.30. The van der Waals surface area contributed by atoms with Crippen LogP contribution in [0.1, 0.15) is 38.9 Å². The van der Waals surface area contributed by atoms with Gasteiger partial charge in [0, 0.05) is 12.0 Å². The molecule has 1 heterocycles. The lowest BCUT2D eigenvalue weighted by Crippen LogP contribution is -1.97. The van der Waals surface area contributed by atoms with Crippen molar-refractivity contribution in [2.75, 3.05) is 0 Å². The van der Waals surface area contributed by atoms with Crippen molar-refractivity contribution in [3.8, 4) is 5.75 Å². The third kappa shape index (κ3) is 2.03. The summed E-state index contributed by atoms with van der Waals surface area (Å²) in [6, 6.07) is 1.59. The van der Waals surface area contributed by atoms with Crippen LogP contribution >= 0.6 is 0 Å². The first-order chi connectivity index (χ1) is 5.61. The van der Waals surface area contributed by atoms with E-state index in [1.54, 1.807) is 6.07 Å². The highest BCUT2D eigenvalue weighted by molar-refractivity contribution is 5.25. The van der Waals surface area contributed by atoms with Crippen molar-refractivity contribution in [2.45, 2.75) is 33.1 Å². The van der Waals surface area contributed by atoms with Gasteiger partial charge in [-0.15, -0.1) is 0 Å². The predicted molar refractivity (Wildman–Crippen MR) is 48.2 cm³/mol. The number of rotatable bonds is 3. The molecular weight excluding hydrogens is 152 g/mol. The van der Waals surface area contributed by atoms with E-state index in [1.807, 2.05) is 0 Å². The fourth-order valence-electron chi connectivity index (χ4n) is 1.50. The van der Waals surface area contributed by atoms with Crippen LogP contribution in [-0.2, 0) is 0 Å². The van der Waals surface area contributed by atoms with Gasteiger partial charge in [0.1, 0.15) is 5.76 Å². The number of furan rings is 1. The molecule has 12 heavy (non-hydrogen) atoms. The molecule has 0 aliphatic heterocycles. The Morgan fingerprint density at radius 2 is 2.08 bits per heavy atom. The normalized spacial score (nSPS) is 13.7. The van der Waals surface area contributed by atoms with E-state index in [9.17, 15) is 5.11 Å². The van der Waals surface area contributed by atoms with Gasteiger partial charge in [0.2, 0.25) is 0 Å². The summed E-state index contributed by atoms with van der Waals surface area (Å²) in [5.41, 5.74) is 0. The molecule has 0 spiro atoms. The van der Waals surface area contributed by atoms with E-state index in [0.717, 1.165) is 6.42 Å². The monoisotopic (exact) mass is 168 g/mol. The smallest absolute Gasteiger partial charge is 0.157 e. The second-order valence-corrected chi connectivity index (χ2v) is 3.70. The molecule has 2 heteroatoms. The van der Waals surface area contributed by atoms with E-state index in [-0.39, 0.29) is 5.75 Å². The summed E-state index contributed by atoms with van der Waals surface area (Å²) in [4.78, 5) is 0. The first-order valence-electron chi connectivity index (χ1n) is 4.37. The number of aromatic hydroxyl groups is 1. The quantitative estimate of drug-likeness (QED) is 0.752. The maximum absolute atomic E-state index is 9.34. The van der Waals surface area contributed by atoms with E-state index < -0.39 is 0 Å². The molecule has 0 bridgehead atoms. The van der Waals surface area contributed by atoms with E-state index >= 15 is 0 Å². The molecule has 1 aromatic heterocycles. The molecule has 0 radical (unpaired) electrons. The van der Waals surface area contributed by atoms with Crippen molar-refractivity contribution in [3.05, 3.63) is 18.1 Å². The zero-order chi connectivity index (χ0) is 9.14. The molecule has 1 atom stereocenters. The van der Waals surface area contributed by atoms with Crippen molar-refractivity contribution in [3.63, 3.8) is 0 Å². The van der Waals surface area contributed by atoms with Crippen LogP contribution < -0.4 is 0 Å². The Hall–Kier alpha value is -0.920. The van der Waals surface area contributed by atoms with Crippen LogP contribution in [0.25, 0.3) is 0 Å². The first-order valence-corrected chi connectivity index (χ1v) is 4.37. The number of hydrogen-bond donors (Lipinski definition) is 1. The Labute approximate surface area is 73.2 Å². The van der Waals surface area contributed by atoms with Crippen LogP contribution in [0.2, 0.25) is 0 Å². The highest BCUT2D eigenvalue weighted by atomic mass is 16.4. The Kier molecular flexibility index (Phi) is 2.79. The lowest BCUT2D eigenvalue weighted by atomic mass is 9.96. The minimum atomic E-state index is 0.281. The standard InChI is InChI=1S/C10H16O2/c1-7(2)6-8(3)10-9(11)4-5-12-10/h4-5,7-8,11H,6H2,1-3H3. The van der Waals surface area contributed by atoms with Gasteiger partial charge in [-0.3, -0.25) is 0 Å². The lowest BCUT2D eigenvalue weighted by Gasteiger charge is -2.11. The third-order valence-corrected chi connectivity index (χ3v) is 1.95. The molecule has 1 rings (SSSR count). The van der Waals surface area contributed by atoms with Gasteiger partial charge in [0.15, 0.2) is 5.75 Å². The van der Waals surface area contributed by atoms with Crippen LogP contribution in [0.4, 0.5) is 0 Å². The van der Waals surface area contributed by atoms with E-state index in [1.165, 1.54) is 6.26 Å². The van der Waals surface area contributed by atoms with Crippen molar-refractivity contribution in [2.24, 2.45) is 5.92 Å². The van der Waals surface area contributed by atoms with Crippen LogP contribution in [0.3, 0.4) is 0 Å².